The molecule has 146 valence electrons. The number of aliphatic hydroxyl groups is 1. The summed E-state index contributed by atoms with van der Waals surface area (Å²) in [5, 5.41) is 18.9. The fourth-order valence-electron chi connectivity index (χ4n) is 1.84. The third-order valence-electron chi connectivity index (χ3n) is 2.95. The summed E-state index contributed by atoms with van der Waals surface area (Å²) in [5.41, 5.74) is 5.51. The van der Waals surface area contributed by atoms with Crippen LogP contribution in [0.25, 0.3) is 0 Å². The van der Waals surface area contributed by atoms with Crippen molar-refractivity contribution in [1.29, 1.82) is 0 Å². The second-order valence-corrected chi connectivity index (χ2v) is 8.40. The van der Waals surface area contributed by atoms with Gasteiger partial charge in [-0.25, -0.2) is 4.79 Å². The van der Waals surface area contributed by atoms with Crippen LogP contribution in [0.2, 0.25) is 0 Å². The molecule has 5 N–H and O–H groups in total. The topological polar surface area (TPSA) is 173 Å². The fraction of sp³-hybridized carbons (Fsp3) is 0.429. The Balaban J connectivity index is 0.00000194. The van der Waals surface area contributed by atoms with Crippen molar-refractivity contribution < 1.29 is 43.5 Å². The fourth-order valence-corrected chi connectivity index (χ4v) is 4.11. The van der Waals surface area contributed by atoms with E-state index in [1.807, 2.05) is 22.6 Å². The number of carboxylic acid groups (broad SMARTS) is 1. The summed E-state index contributed by atoms with van der Waals surface area (Å²) in [4.78, 5) is 36.8. The number of carbonyl (C=O) groups excluding carboxylic acids is 2. The van der Waals surface area contributed by atoms with Crippen LogP contribution in [0.1, 0.15) is 17.8 Å². The second-order valence-electron chi connectivity index (χ2n) is 4.79. The summed E-state index contributed by atoms with van der Waals surface area (Å²) in [5.74, 6) is -2.36. The predicted octanol–water partition coefficient (Wildman–Crippen LogP) is 0.790. The molecule has 0 aliphatic carbocycles. The molecule has 0 spiro atoms. The van der Waals surface area contributed by atoms with Gasteiger partial charge in [-0.1, -0.05) is 0 Å². The van der Waals surface area contributed by atoms with Gasteiger partial charge in [-0.05, 0) is 53.3 Å². The van der Waals surface area contributed by atoms with E-state index in [4.69, 9.17) is 29.9 Å². The van der Waals surface area contributed by atoms with Gasteiger partial charge in [0.2, 0.25) is 7.37 Å². The highest BCUT2D eigenvalue weighted by Gasteiger charge is 2.31. The van der Waals surface area contributed by atoms with Gasteiger partial charge in [0.1, 0.15) is 0 Å². The molecular weight excluding hydrogens is 484 g/mol. The molecule has 0 aromatic heterocycles. The quantitative estimate of drug-likeness (QED) is 0.279. The van der Waals surface area contributed by atoms with Crippen LogP contribution < -0.4 is 15.2 Å². The van der Waals surface area contributed by atoms with Crippen LogP contribution >= 0.6 is 30.0 Å². The molecule has 26 heavy (non-hydrogen) atoms. The molecule has 10 nitrogen and oxygen atoms in total. The van der Waals surface area contributed by atoms with Gasteiger partial charge in [-0.15, -0.1) is 0 Å². The lowest BCUT2D eigenvalue weighted by Gasteiger charge is -2.20. The minimum Gasteiger partial charge on any atom is -0.493 e. The van der Waals surface area contributed by atoms with Crippen LogP contribution in [0.15, 0.2) is 12.1 Å². The van der Waals surface area contributed by atoms with Gasteiger partial charge in [0.25, 0.3) is 0 Å². The van der Waals surface area contributed by atoms with Gasteiger partial charge >= 0.3 is 12.1 Å². The highest BCUT2D eigenvalue weighted by molar-refractivity contribution is 14.1. The lowest BCUT2D eigenvalue weighted by molar-refractivity contribution is -0.191. The smallest absolute Gasteiger partial charge is 0.373 e. The summed E-state index contributed by atoms with van der Waals surface area (Å²) in [6.45, 7) is -0.302. The number of carboxylic acids is 1. The van der Waals surface area contributed by atoms with E-state index in [1.54, 1.807) is 0 Å². The molecule has 1 aromatic carbocycles. The number of aliphatic hydroxyl groups excluding tert-OH is 1. The van der Waals surface area contributed by atoms with Crippen LogP contribution in [0.4, 0.5) is 0 Å². The first-order valence-electron chi connectivity index (χ1n) is 7.05. The van der Waals surface area contributed by atoms with Crippen LogP contribution in [0, 0.1) is 3.57 Å². The Morgan fingerprint density at radius 3 is 2.46 bits per heavy atom. The van der Waals surface area contributed by atoms with Gasteiger partial charge in [0.15, 0.2) is 24.0 Å². The zero-order valence-corrected chi connectivity index (χ0v) is 16.8. The highest BCUT2D eigenvalue weighted by Crippen LogP contribution is 2.55. The van der Waals surface area contributed by atoms with E-state index < -0.39 is 25.8 Å². The molecule has 0 amide bonds. The van der Waals surface area contributed by atoms with Gasteiger partial charge in [-0.2, -0.15) is 9.59 Å². The van der Waals surface area contributed by atoms with Gasteiger partial charge < -0.3 is 30.3 Å². The van der Waals surface area contributed by atoms with Crippen molar-refractivity contribution in [2.45, 2.75) is 12.3 Å². The largest absolute Gasteiger partial charge is 0.493 e. The van der Waals surface area contributed by atoms with E-state index in [1.165, 1.54) is 19.2 Å². The maximum Gasteiger partial charge on any atom is 0.373 e. The summed E-state index contributed by atoms with van der Waals surface area (Å²) < 4.78 is 22.9. The zero-order valence-electron chi connectivity index (χ0n) is 13.8. The molecule has 2 unspecified atom stereocenters. The van der Waals surface area contributed by atoms with Crippen LogP contribution in [-0.2, 0) is 18.9 Å². The van der Waals surface area contributed by atoms with Crippen molar-refractivity contribution in [3.8, 4) is 11.5 Å². The van der Waals surface area contributed by atoms with Gasteiger partial charge in [-0.3, -0.25) is 4.57 Å². The number of methoxy groups -OCH3 is 1. The van der Waals surface area contributed by atoms with Crippen molar-refractivity contribution in [1.82, 2.24) is 0 Å². The van der Waals surface area contributed by atoms with Gasteiger partial charge in [0, 0.05) is 6.16 Å². The van der Waals surface area contributed by atoms with E-state index in [9.17, 15) is 19.4 Å². The van der Waals surface area contributed by atoms with Crippen LogP contribution in [0.5, 0.6) is 11.5 Å². The number of ether oxygens (including phenoxy) is 2. The number of hydrogen-bond acceptors (Lipinski definition) is 8. The maximum atomic E-state index is 12.2. The average molecular weight is 503 g/mol. The Morgan fingerprint density at radius 2 is 2.00 bits per heavy atom. The Labute approximate surface area is 162 Å². The number of carbonyl (C=O) groups is 1. The summed E-state index contributed by atoms with van der Waals surface area (Å²) in [6.07, 6.45) is 0.472. The molecule has 0 radical (unpaired) electrons. The van der Waals surface area contributed by atoms with Crippen molar-refractivity contribution in [3.63, 3.8) is 0 Å². The Morgan fingerprint density at radius 1 is 1.42 bits per heavy atom. The SMILES string of the molecule is COc1cc(C(O)P(=O)(O)CCCN)cc(I)c1OCC(=O)O.O=C=O. The Bertz CT molecular complexity index is 691. The number of halogens is 1. The molecule has 0 heterocycles. The number of aliphatic carboxylic acids is 1. The van der Waals surface area contributed by atoms with Crippen molar-refractivity contribution in [2.75, 3.05) is 26.4 Å². The lowest BCUT2D eigenvalue weighted by atomic mass is 10.2. The molecule has 2 atom stereocenters. The van der Waals surface area contributed by atoms with E-state index >= 15 is 0 Å². The third kappa shape index (κ3) is 7.81. The molecule has 0 fully saturated rings. The summed E-state index contributed by atoms with van der Waals surface area (Å²) in [7, 11) is -2.49. The maximum absolute atomic E-state index is 12.2. The molecule has 0 bridgehead atoms. The monoisotopic (exact) mass is 503 g/mol. The number of hydrogen-bond donors (Lipinski definition) is 4. The average Bonchev–Trinajstić information content (AvgIpc) is 2.58. The van der Waals surface area contributed by atoms with E-state index in [-0.39, 0.29) is 35.9 Å². The first kappa shape index (κ1) is 24.5. The lowest BCUT2D eigenvalue weighted by Crippen LogP contribution is -2.12. The Kier molecular flexibility index (Phi) is 11.3. The molecule has 12 heteroatoms. The van der Waals surface area contributed by atoms with E-state index in [2.05, 4.69) is 0 Å². The summed E-state index contributed by atoms with van der Waals surface area (Å²) in [6, 6.07) is 2.81. The van der Waals surface area contributed by atoms with Crippen molar-refractivity contribution in [3.05, 3.63) is 21.3 Å². The molecule has 0 saturated heterocycles. The number of benzene rings is 1. The highest BCUT2D eigenvalue weighted by atomic mass is 127. The van der Waals surface area contributed by atoms with Crippen LogP contribution in [0.3, 0.4) is 0 Å². The summed E-state index contributed by atoms with van der Waals surface area (Å²) >= 11 is 1.87. The molecular formula is C14H19INO9P. The predicted molar refractivity (Wildman–Crippen MR) is 97.2 cm³/mol. The first-order valence-corrected chi connectivity index (χ1v) is 10.0. The first-order chi connectivity index (χ1) is 12.1. The van der Waals surface area contributed by atoms with Crippen LogP contribution in [-0.4, -0.2) is 53.7 Å². The standard InChI is InChI=1S/C13H19INO7P.CO2/c1-21-10-6-8(13(18)23(19,20)4-2-3-15)5-9(14)12(10)22-7-11(16)17;2-1-3/h5-6,13,18H,2-4,7,15H2,1H3,(H,16,17)(H,19,20);. The third-order valence-corrected chi connectivity index (χ3v) is 5.78. The molecule has 0 aliphatic rings. The minimum atomic E-state index is -3.84. The van der Waals surface area contributed by atoms with Crippen molar-refractivity contribution in [2.24, 2.45) is 5.73 Å². The molecule has 0 aliphatic heterocycles. The molecule has 1 aromatic rings. The normalized spacial score (nSPS) is 13.4. The van der Waals surface area contributed by atoms with Gasteiger partial charge in [0.05, 0.1) is 10.7 Å². The minimum absolute atomic E-state index is 0.0964. The van der Waals surface area contributed by atoms with E-state index in [0.29, 0.717) is 9.99 Å². The Hall–Kier alpha value is -1.49. The second kappa shape index (κ2) is 12.0. The molecule has 1 rings (SSSR count). The van der Waals surface area contributed by atoms with Crippen molar-refractivity contribution >= 4 is 42.1 Å². The number of nitrogens with two attached hydrogens (primary N) is 1. The molecule has 0 saturated carbocycles. The van der Waals surface area contributed by atoms with E-state index in [0.717, 1.165) is 0 Å². The zero-order chi connectivity index (χ0) is 20.3. The number of rotatable bonds is 9.